The molecule has 0 saturated carbocycles. The van der Waals surface area contributed by atoms with Crippen molar-refractivity contribution < 1.29 is 0 Å². The Balaban J connectivity index is 2.65. The maximum absolute atomic E-state index is 4.59. The fourth-order valence-corrected chi connectivity index (χ4v) is 9.53. The van der Waals surface area contributed by atoms with E-state index in [4.69, 9.17) is 0 Å². The lowest BCUT2D eigenvalue weighted by Crippen LogP contribution is -2.27. The molecule has 1 heteroatoms. The number of allylic oxidation sites excluding steroid dienone is 2. The van der Waals surface area contributed by atoms with Crippen molar-refractivity contribution in [1.29, 1.82) is 0 Å². The Morgan fingerprint density at radius 3 is 1.50 bits per heavy atom. The van der Waals surface area contributed by atoms with Gasteiger partial charge in [-0.3, -0.25) is 0 Å². The van der Waals surface area contributed by atoms with Crippen molar-refractivity contribution in [2.75, 3.05) is 19.6 Å². The van der Waals surface area contributed by atoms with Crippen molar-refractivity contribution in [3.63, 3.8) is 0 Å². The molecule has 1 saturated heterocycles. The smallest absolute Gasteiger partial charge is 0.00187 e. The van der Waals surface area contributed by atoms with Gasteiger partial charge in [-0.25, -0.2) is 0 Å². The topological polar surface area (TPSA) is 3.24 Å². The molecule has 0 aromatic heterocycles. The normalized spacial score (nSPS) is 24.7. The summed E-state index contributed by atoms with van der Waals surface area (Å²) in [7, 11) is 0. The van der Waals surface area contributed by atoms with Crippen LogP contribution in [-0.2, 0) is 0 Å². The van der Waals surface area contributed by atoms with Crippen LogP contribution in [0, 0.1) is 17.8 Å². The quantitative estimate of drug-likeness (QED) is 0.143. The van der Waals surface area contributed by atoms with Gasteiger partial charge in [0.05, 0.1) is 0 Å². The van der Waals surface area contributed by atoms with Crippen LogP contribution < -0.4 is 0 Å². The Kier molecular flexibility index (Phi) is 35.5. The molecule has 0 N–H and O–H groups in total. The first kappa shape index (κ1) is 49.5. The first-order chi connectivity index (χ1) is 25.5. The van der Waals surface area contributed by atoms with Crippen LogP contribution in [0.2, 0.25) is 0 Å². The van der Waals surface area contributed by atoms with E-state index in [-0.39, 0.29) is 0 Å². The molecule has 52 heavy (non-hydrogen) atoms. The molecular weight excluding hydrogens is 627 g/mol. The van der Waals surface area contributed by atoms with Crippen LogP contribution in [0.5, 0.6) is 0 Å². The molecule has 1 aliphatic rings. The number of rotatable bonds is 12. The van der Waals surface area contributed by atoms with Gasteiger partial charge in [-0.1, -0.05) is 219 Å². The van der Waals surface area contributed by atoms with E-state index < -0.39 is 0 Å². The minimum absolute atomic E-state index is 0.936. The van der Waals surface area contributed by atoms with Gasteiger partial charge in [0.15, 0.2) is 0 Å². The summed E-state index contributed by atoms with van der Waals surface area (Å²) in [6.07, 6.45) is 52.1. The summed E-state index contributed by atoms with van der Waals surface area (Å²) in [4.78, 5) is 2.76. The molecule has 0 spiro atoms. The highest BCUT2D eigenvalue weighted by Gasteiger charge is 2.19. The van der Waals surface area contributed by atoms with E-state index in [1.807, 2.05) is 0 Å². The lowest BCUT2D eigenvalue weighted by molar-refractivity contribution is 0.252. The molecule has 1 heterocycles. The summed E-state index contributed by atoms with van der Waals surface area (Å²) >= 11 is 0. The van der Waals surface area contributed by atoms with Gasteiger partial charge in [-0.15, -0.1) is 0 Å². The van der Waals surface area contributed by atoms with E-state index in [9.17, 15) is 0 Å². The number of hydrogen-bond donors (Lipinski definition) is 0. The van der Waals surface area contributed by atoms with Crippen molar-refractivity contribution in [3.8, 4) is 0 Å². The Labute approximate surface area is 330 Å². The Bertz CT molecular complexity index is 767. The van der Waals surface area contributed by atoms with Gasteiger partial charge in [0, 0.05) is 0 Å². The van der Waals surface area contributed by atoms with Gasteiger partial charge in [0.25, 0.3) is 0 Å². The van der Waals surface area contributed by atoms with E-state index >= 15 is 0 Å². The van der Waals surface area contributed by atoms with E-state index in [0.29, 0.717) is 0 Å². The van der Waals surface area contributed by atoms with Gasteiger partial charge in [-0.05, 0) is 108 Å². The second kappa shape index (κ2) is 37.4. The summed E-state index contributed by atoms with van der Waals surface area (Å²) < 4.78 is 0. The van der Waals surface area contributed by atoms with Crippen LogP contribution in [-0.4, -0.2) is 24.5 Å². The van der Waals surface area contributed by atoms with Crippen LogP contribution in [0.15, 0.2) is 24.3 Å². The van der Waals surface area contributed by atoms with Gasteiger partial charge in [-0.2, -0.15) is 0 Å². The molecule has 3 atom stereocenters. The molecule has 0 aliphatic carbocycles. The highest BCUT2D eigenvalue weighted by Crippen LogP contribution is 2.32. The van der Waals surface area contributed by atoms with Crippen LogP contribution in [0.1, 0.15) is 265 Å². The van der Waals surface area contributed by atoms with Crippen molar-refractivity contribution in [2.24, 2.45) is 17.8 Å². The molecule has 0 bridgehead atoms. The van der Waals surface area contributed by atoms with Crippen LogP contribution in [0.25, 0.3) is 0 Å². The molecule has 0 radical (unpaired) electrons. The van der Waals surface area contributed by atoms with Crippen molar-refractivity contribution in [3.05, 3.63) is 24.3 Å². The minimum Gasteiger partial charge on any atom is -0.303 e. The highest BCUT2D eigenvalue weighted by atomic mass is 15.1. The Morgan fingerprint density at radius 2 is 0.904 bits per heavy atom. The van der Waals surface area contributed by atoms with Crippen molar-refractivity contribution in [1.82, 2.24) is 4.90 Å². The predicted octanol–water partition coefficient (Wildman–Crippen LogP) is 17.8. The zero-order chi connectivity index (χ0) is 37.7. The standard InChI is InChI=1S/C51H99N/c1-7-11-12-13-20-28-38-49-39-29-23-31-40-50(10-4)51(34-8-2)41-30-21-16-14-15-18-25-35-47(5)36-27-24-33-46-52(44-9-3)45-32-22-17-19-26-37-48(6)42-43-49/h49-51H,5-46H2,1-4H3. The largest absolute Gasteiger partial charge is 0.303 e. The number of nitrogens with zero attached hydrogens (tertiary/aromatic N) is 1. The van der Waals surface area contributed by atoms with E-state index in [1.54, 1.807) is 5.57 Å². The molecule has 308 valence electrons. The second-order valence-electron chi connectivity index (χ2n) is 18.0. The summed E-state index contributed by atoms with van der Waals surface area (Å²) in [5.41, 5.74) is 3.07. The molecule has 1 rings (SSSR count). The third-order valence-corrected chi connectivity index (χ3v) is 13.1. The molecule has 1 fully saturated rings. The maximum Gasteiger partial charge on any atom is -0.00187 e. The molecule has 1 nitrogen and oxygen atoms in total. The van der Waals surface area contributed by atoms with Crippen LogP contribution in [0.3, 0.4) is 0 Å². The number of unbranched alkanes of at least 4 members (excludes halogenated alkanes) is 5. The van der Waals surface area contributed by atoms with Crippen molar-refractivity contribution >= 4 is 0 Å². The van der Waals surface area contributed by atoms with Gasteiger partial charge in [0.2, 0.25) is 0 Å². The lowest BCUT2D eigenvalue weighted by Gasteiger charge is -2.26. The maximum atomic E-state index is 4.59. The van der Waals surface area contributed by atoms with Crippen molar-refractivity contribution in [2.45, 2.75) is 265 Å². The van der Waals surface area contributed by atoms with Gasteiger partial charge in [0.1, 0.15) is 0 Å². The molecule has 0 amide bonds. The predicted molar refractivity (Wildman–Crippen MR) is 239 cm³/mol. The second-order valence-corrected chi connectivity index (χ2v) is 18.0. The average Bonchev–Trinajstić information content (AvgIpc) is 3.14. The summed E-state index contributed by atoms with van der Waals surface area (Å²) in [6.45, 7) is 22.5. The summed E-state index contributed by atoms with van der Waals surface area (Å²) in [5, 5.41) is 0. The number of hydrogen-bond acceptors (Lipinski definition) is 1. The molecule has 3 unspecified atom stereocenters. The first-order valence-electron chi connectivity index (χ1n) is 24.6. The van der Waals surface area contributed by atoms with Crippen LogP contribution in [0.4, 0.5) is 0 Å². The summed E-state index contributed by atoms with van der Waals surface area (Å²) in [6, 6.07) is 0. The van der Waals surface area contributed by atoms with E-state index in [0.717, 1.165) is 17.8 Å². The highest BCUT2D eigenvalue weighted by molar-refractivity contribution is 4.94. The third kappa shape index (κ3) is 29.8. The molecule has 1 aliphatic heterocycles. The minimum atomic E-state index is 0.936. The van der Waals surface area contributed by atoms with E-state index in [1.165, 1.54) is 263 Å². The average molecular weight is 726 g/mol. The SMILES string of the molecule is C=C1CCCCCCCCCC(CCC)C(CC)CCCCCC(CCCCCCCC)CCC(=C)CCCCCCCN(CCC)CCCCC1. The van der Waals surface area contributed by atoms with E-state index in [2.05, 4.69) is 45.8 Å². The summed E-state index contributed by atoms with van der Waals surface area (Å²) in [5.74, 6) is 2.88. The fraction of sp³-hybridized carbons (Fsp3) is 0.922. The monoisotopic (exact) mass is 726 g/mol. The molecule has 0 aromatic carbocycles. The third-order valence-electron chi connectivity index (χ3n) is 13.1. The molecule has 0 aromatic rings. The lowest BCUT2D eigenvalue weighted by atomic mass is 9.79. The Morgan fingerprint density at radius 1 is 0.423 bits per heavy atom. The van der Waals surface area contributed by atoms with Gasteiger partial charge < -0.3 is 4.90 Å². The zero-order valence-corrected chi connectivity index (χ0v) is 36.9. The Hall–Kier alpha value is -0.560. The zero-order valence-electron chi connectivity index (χ0n) is 36.9. The van der Waals surface area contributed by atoms with Gasteiger partial charge >= 0.3 is 0 Å². The fourth-order valence-electron chi connectivity index (χ4n) is 9.53. The molecular formula is C51H99N. The first-order valence-corrected chi connectivity index (χ1v) is 24.6. The van der Waals surface area contributed by atoms with Crippen LogP contribution >= 0.6 is 0 Å².